The van der Waals surface area contributed by atoms with Gasteiger partial charge in [-0.05, 0) is 18.2 Å². The number of hydrogen-bond acceptors (Lipinski definition) is 4. The van der Waals surface area contributed by atoms with Crippen LogP contribution in [0.15, 0.2) is 29.2 Å². The first kappa shape index (κ1) is 9.05. The number of hydrazine groups is 1. The van der Waals surface area contributed by atoms with Crippen LogP contribution in [0.25, 0.3) is 0 Å². The second-order valence-corrected chi connectivity index (χ2v) is 2.75. The molecular weight excluding hydrogens is 176 g/mol. The molecule has 4 nitrogen and oxygen atoms in total. The average molecular weight is 184 g/mol. The van der Waals surface area contributed by atoms with E-state index in [-0.39, 0.29) is 5.91 Å². The van der Waals surface area contributed by atoms with Crippen LogP contribution < -0.4 is 11.3 Å². The summed E-state index contributed by atoms with van der Waals surface area (Å²) in [7, 11) is 0. The number of rotatable bonds is 2. The van der Waals surface area contributed by atoms with Crippen molar-refractivity contribution in [3.05, 3.63) is 29.8 Å². The van der Waals surface area contributed by atoms with E-state index in [0.717, 1.165) is 0 Å². The quantitative estimate of drug-likeness (QED) is 0.276. The van der Waals surface area contributed by atoms with Gasteiger partial charge in [-0.25, -0.2) is 5.84 Å². The van der Waals surface area contributed by atoms with E-state index < -0.39 is 0 Å². The van der Waals surface area contributed by atoms with Crippen LogP contribution in [0.3, 0.4) is 0 Å². The van der Waals surface area contributed by atoms with Crippen LogP contribution in [0, 0.1) is 0 Å². The van der Waals surface area contributed by atoms with E-state index in [0.29, 0.717) is 22.5 Å². The van der Waals surface area contributed by atoms with Gasteiger partial charge in [0.15, 0.2) is 0 Å². The van der Waals surface area contributed by atoms with Crippen LogP contribution in [-0.2, 0) is 0 Å². The molecule has 64 valence electrons. The largest absolute Gasteiger partial charge is 0.325 e. The lowest BCUT2D eigenvalue weighted by atomic mass is 10.2. The maximum absolute atomic E-state index is 11.0. The molecule has 0 aliphatic rings. The SMILES string of the molecule is NNC(=O)c1cccc(SO)c1. The van der Waals surface area contributed by atoms with Crippen molar-refractivity contribution in [1.29, 1.82) is 0 Å². The Labute approximate surface area is 73.9 Å². The Morgan fingerprint density at radius 1 is 1.58 bits per heavy atom. The Balaban J connectivity index is 2.93. The van der Waals surface area contributed by atoms with E-state index in [1.807, 2.05) is 5.43 Å². The number of hydrogen-bond donors (Lipinski definition) is 3. The fraction of sp³-hybridized carbons (Fsp3) is 0. The minimum absolute atomic E-state index is 0.370. The Morgan fingerprint density at radius 3 is 2.92 bits per heavy atom. The minimum Gasteiger partial charge on any atom is -0.325 e. The van der Waals surface area contributed by atoms with Crippen molar-refractivity contribution in [2.75, 3.05) is 0 Å². The number of carbonyl (C=O) groups is 1. The number of nitrogens with one attached hydrogen (secondary N) is 1. The molecule has 0 aliphatic carbocycles. The second-order valence-electron chi connectivity index (χ2n) is 2.09. The van der Waals surface area contributed by atoms with Gasteiger partial charge in [-0.2, -0.15) is 0 Å². The van der Waals surface area contributed by atoms with E-state index in [4.69, 9.17) is 10.4 Å². The highest BCUT2D eigenvalue weighted by atomic mass is 32.2. The minimum atomic E-state index is -0.370. The third-order valence-electron chi connectivity index (χ3n) is 1.33. The zero-order valence-corrected chi connectivity index (χ0v) is 6.97. The van der Waals surface area contributed by atoms with Crippen molar-refractivity contribution in [2.24, 2.45) is 5.84 Å². The highest BCUT2D eigenvalue weighted by Crippen LogP contribution is 2.14. The van der Waals surface area contributed by atoms with Crippen molar-refractivity contribution in [3.8, 4) is 0 Å². The normalized spacial score (nSPS) is 9.50. The predicted octanol–water partition coefficient (Wildman–Crippen LogP) is 0.855. The van der Waals surface area contributed by atoms with Crippen molar-refractivity contribution in [1.82, 2.24) is 5.43 Å². The second kappa shape index (κ2) is 4.10. The van der Waals surface area contributed by atoms with Gasteiger partial charge in [0.1, 0.15) is 0 Å². The van der Waals surface area contributed by atoms with Gasteiger partial charge >= 0.3 is 0 Å². The van der Waals surface area contributed by atoms with Gasteiger partial charge in [0.25, 0.3) is 5.91 Å². The molecule has 0 fully saturated rings. The zero-order valence-electron chi connectivity index (χ0n) is 6.15. The third-order valence-corrected chi connectivity index (χ3v) is 1.80. The molecule has 0 radical (unpaired) electrons. The summed E-state index contributed by atoms with van der Waals surface area (Å²) in [6.45, 7) is 0. The fourth-order valence-electron chi connectivity index (χ4n) is 0.777. The number of amides is 1. The molecule has 1 amide bonds. The number of benzene rings is 1. The van der Waals surface area contributed by atoms with Gasteiger partial charge in [-0.3, -0.25) is 10.2 Å². The first-order valence-corrected chi connectivity index (χ1v) is 3.97. The van der Waals surface area contributed by atoms with Crippen molar-refractivity contribution < 1.29 is 9.35 Å². The molecule has 0 bridgehead atoms. The van der Waals surface area contributed by atoms with E-state index >= 15 is 0 Å². The molecule has 12 heavy (non-hydrogen) atoms. The highest BCUT2D eigenvalue weighted by Gasteiger charge is 2.02. The molecule has 0 aromatic heterocycles. The van der Waals surface area contributed by atoms with Crippen LogP contribution in [0.5, 0.6) is 0 Å². The summed E-state index contributed by atoms with van der Waals surface area (Å²) < 4.78 is 8.67. The Hall–Kier alpha value is -1.04. The smallest absolute Gasteiger partial charge is 0.265 e. The molecule has 0 saturated carbocycles. The molecule has 4 N–H and O–H groups in total. The maximum Gasteiger partial charge on any atom is 0.265 e. The molecule has 1 aromatic rings. The van der Waals surface area contributed by atoms with Gasteiger partial charge < -0.3 is 4.55 Å². The molecule has 1 rings (SSSR count). The molecule has 0 spiro atoms. The average Bonchev–Trinajstić information content (AvgIpc) is 2.17. The third kappa shape index (κ3) is 1.97. The summed E-state index contributed by atoms with van der Waals surface area (Å²) in [4.78, 5) is 11.6. The van der Waals surface area contributed by atoms with Crippen molar-refractivity contribution in [2.45, 2.75) is 4.90 Å². The maximum atomic E-state index is 11.0. The lowest BCUT2D eigenvalue weighted by Gasteiger charge is -1.99. The van der Waals surface area contributed by atoms with Crippen molar-refractivity contribution in [3.63, 3.8) is 0 Å². The molecule has 0 saturated heterocycles. The van der Waals surface area contributed by atoms with E-state index in [1.54, 1.807) is 24.3 Å². The predicted molar refractivity (Wildman–Crippen MR) is 46.6 cm³/mol. The monoisotopic (exact) mass is 184 g/mol. The molecule has 1 aromatic carbocycles. The zero-order chi connectivity index (χ0) is 8.97. The van der Waals surface area contributed by atoms with Crippen LogP contribution in [0.1, 0.15) is 10.4 Å². The lowest BCUT2D eigenvalue weighted by Crippen LogP contribution is -2.29. The van der Waals surface area contributed by atoms with Crippen molar-refractivity contribution >= 4 is 17.9 Å². The topological polar surface area (TPSA) is 75.3 Å². The summed E-state index contributed by atoms with van der Waals surface area (Å²) in [5, 5.41) is 0. The van der Waals surface area contributed by atoms with Gasteiger partial charge in [0.05, 0.1) is 0 Å². The molecule has 0 unspecified atom stereocenters. The van der Waals surface area contributed by atoms with Crippen LogP contribution >= 0.6 is 12.0 Å². The molecule has 0 aliphatic heterocycles. The van der Waals surface area contributed by atoms with Crippen LogP contribution in [0.2, 0.25) is 0 Å². The van der Waals surface area contributed by atoms with Gasteiger partial charge in [0.2, 0.25) is 0 Å². The molecular formula is C7H8N2O2S. The summed E-state index contributed by atoms with van der Waals surface area (Å²) in [6, 6.07) is 6.52. The molecule has 5 heteroatoms. The van der Waals surface area contributed by atoms with Crippen LogP contribution in [0.4, 0.5) is 0 Å². The summed E-state index contributed by atoms with van der Waals surface area (Å²) in [5.41, 5.74) is 2.43. The summed E-state index contributed by atoms with van der Waals surface area (Å²) in [6.07, 6.45) is 0. The molecule has 0 atom stereocenters. The first-order chi connectivity index (χ1) is 5.77. The number of nitrogen functional groups attached to an aromatic ring is 1. The standard InChI is InChI=1S/C7H8N2O2S/c8-9-7(10)5-2-1-3-6(4-5)12-11/h1-4,11H,8H2,(H,9,10). The number of carbonyl (C=O) groups excluding carboxylic acids is 1. The fourth-order valence-corrected chi connectivity index (χ4v) is 1.10. The van der Waals surface area contributed by atoms with Gasteiger partial charge in [0, 0.05) is 22.5 Å². The van der Waals surface area contributed by atoms with Crippen LogP contribution in [-0.4, -0.2) is 10.5 Å². The van der Waals surface area contributed by atoms with Gasteiger partial charge in [-0.15, -0.1) is 0 Å². The van der Waals surface area contributed by atoms with E-state index in [1.165, 1.54) is 0 Å². The summed E-state index contributed by atoms with van der Waals surface area (Å²) >= 11 is 0.590. The Kier molecular flexibility index (Phi) is 3.09. The lowest BCUT2D eigenvalue weighted by molar-refractivity contribution is 0.0953. The summed E-state index contributed by atoms with van der Waals surface area (Å²) in [5.74, 6) is 4.56. The molecule has 0 heterocycles. The van der Waals surface area contributed by atoms with E-state index in [2.05, 4.69) is 0 Å². The Morgan fingerprint density at radius 2 is 2.33 bits per heavy atom. The van der Waals surface area contributed by atoms with Gasteiger partial charge in [-0.1, -0.05) is 6.07 Å². The van der Waals surface area contributed by atoms with E-state index in [9.17, 15) is 4.79 Å². The number of nitrogens with two attached hydrogens (primary N) is 1. The Bertz CT molecular complexity index is 290. The highest BCUT2D eigenvalue weighted by molar-refractivity contribution is 7.93. The first-order valence-electron chi connectivity index (χ1n) is 3.20.